The van der Waals surface area contributed by atoms with Crippen molar-refractivity contribution in [3.05, 3.63) is 54.1 Å². The molecule has 0 saturated carbocycles. The minimum atomic E-state index is 0. The standard InChI is InChI=1S/C13H13NS.2H2O/c1-10-2-4-11(5-3-10)12-6-8-13(15-14)9-7-12;;/h2-9H,14H2,1H3;2*1H2. The molecule has 92 valence electrons. The monoisotopic (exact) mass is 251 g/mol. The van der Waals surface area contributed by atoms with Gasteiger partial charge in [-0.25, -0.2) is 0 Å². The maximum Gasteiger partial charge on any atom is 0.0226 e. The lowest BCUT2D eigenvalue weighted by atomic mass is 10.0. The Morgan fingerprint density at radius 3 is 1.59 bits per heavy atom. The Morgan fingerprint density at radius 1 is 0.765 bits per heavy atom. The average molecular weight is 251 g/mol. The van der Waals surface area contributed by atoms with E-state index in [0.29, 0.717) is 0 Å². The molecule has 0 bridgehead atoms. The molecule has 2 aromatic carbocycles. The van der Waals surface area contributed by atoms with Crippen LogP contribution in [-0.2, 0) is 0 Å². The number of hydrogen-bond donors (Lipinski definition) is 1. The lowest BCUT2D eigenvalue weighted by molar-refractivity contribution is 0.823. The first-order valence-electron chi connectivity index (χ1n) is 4.83. The number of rotatable bonds is 2. The minimum Gasteiger partial charge on any atom is -0.412 e. The molecule has 2 aromatic rings. The molecule has 17 heavy (non-hydrogen) atoms. The van der Waals surface area contributed by atoms with Crippen molar-refractivity contribution < 1.29 is 11.0 Å². The van der Waals surface area contributed by atoms with Gasteiger partial charge in [0.15, 0.2) is 0 Å². The van der Waals surface area contributed by atoms with Crippen molar-refractivity contribution >= 4 is 11.9 Å². The molecular formula is C13H17NO2S. The first-order chi connectivity index (χ1) is 7.29. The zero-order valence-electron chi connectivity index (χ0n) is 9.60. The molecule has 2 rings (SSSR count). The van der Waals surface area contributed by atoms with Gasteiger partial charge in [-0.2, -0.15) is 0 Å². The first kappa shape index (κ1) is 15.7. The second-order valence-electron chi connectivity index (χ2n) is 3.51. The highest BCUT2D eigenvalue weighted by atomic mass is 32.2. The van der Waals surface area contributed by atoms with Crippen molar-refractivity contribution in [2.45, 2.75) is 11.8 Å². The third-order valence-electron chi connectivity index (χ3n) is 2.38. The predicted molar refractivity (Wildman–Crippen MR) is 73.9 cm³/mol. The van der Waals surface area contributed by atoms with Crippen LogP contribution >= 0.6 is 11.9 Å². The van der Waals surface area contributed by atoms with Gasteiger partial charge in [-0.05, 0) is 42.1 Å². The summed E-state index contributed by atoms with van der Waals surface area (Å²) < 4.78 is 0. The Balaban J connectivity index is 0.00000128. The second-order valence-corrected chi connectivity index (χ2v) is 4.22. The van der Waals surface area contributed by atoms with Gasteiger partial charge in [0.1, 0.15) is 0 Å². The Bertz CT molecular complexity index is 440. The van der Waals surface area contributed by atoms with Crippen molar-refractivity contribution in [3.8, 4) is 11.1 Å². The second kappa shape index (κ2) is 7.09. The van der Waals surface area contributed by atoms with Crippen molar-refractivity contribution in [2.75, 3.05) is 0 Å². The zero-order chi connectivity index (χ0) is 10.7. The molecule has 0 aromatic heterocycles. The summed E-state index contributed by atoms with van der Waals surface area (Å²) in [6.45, 7) is 2.10. The normalized spacial score (nSPS) is 9.06. The average Bonchev–Trinajstić information content (AvgIpc) is 2.30. The van der Waals surface area contributed by atoms with E-state index in [9.17, 15) is 0 Å². The van der Waals surface area contributed by atoms with Gasteiger partial charge in [0, 0.05) is 4.90 Å². The first-order valence-corrected chi connectivity index (χ1v) is 5.71. The van der Waals surface area contributed by atoms with Gasteiger partial charge in [0.2, 0.25) is 0 Å². The molecule has 3 nitrogen and oxygen atoms in total. The summed E-state index contributed by atoms with van der Waals surface area (Å²) >= 11 is 1.28. The highest BCUT2D eigenvalue weighted by Crippen LogP contribution is 2.22. The molecule has 0 aliphatic carbocycles. The van der Waals surface area contributed by atoms with Crippen molar-refractivity contribution in [1.29, 1.82) is 0 Å². The lowest BCUT2D eigenvalue weighted by Crippen LogP contribution is -1.81. The third kappa shape index (κ3) is 3.87. The van der Waals surface area contributed by atoms with E-state index in [0.717, 1.165) is 4.90 Å². The summed E-state index contributed by atoms with van der Waals surface area (Å²) in [7, 11) is 0. The number of hydrogen-bond acceptors (Lipinski definition) is 2. The highest BCUT2D eigenvalue weighted by molar-refractivity contribution is 7.97. The van der Waals surface area contributed by atoms with E-state index < -0.39 is 0 Å². The molecule has 0 heterocycles. The lowest BCUT2D eigenvalue weighted by Gasteiger charge is -2.03. The Kier molecular flexibility index (Phi) is 6.53. The highest BCUT2D eigenvalue weighted by Gasteiger charge is 1.97. The van der Waals surface area contributed by atoms with Crippen molar-refractivity contribution in [2.24, 2.45) is 5.14 Å². The summed E-state index contributed by atoms with van der Waals surface area (Å²) in [5, 5.41) is 5.48. The van der Waals surface area contributed by atoms with E-state index in [2.05, 4.69) is 43.3 Å². The Hall–Kier alpha value is -1.33. The summed E-state index contributed by atoms with van der Waals surface area (Å²) in [5.74, 6) is 0. The van der Waals surface area contributed by atoms with Crippen LogP contribution < -0.4 is 5.14 Å². The van der Waals surface area contributed by atoms with E-state index in [1.54, 1.807) is 0 Å². The minimum absolute atomic E-state index is 0. The summed E-state index contributed by atoms with van der Waals surface area (Å²) in [6, 6.07) is 16.8. The van der Waals surface area contributed by atoms with Gasteiger partial charge < -0.3 is 11.0 Å². The molecule has 0 radical (unpaired) electrons. The molecule has 0 spiro atoms. The van der Waals surface area contributed by atoms with Crippen LogP contribution in [0.25, 0.3) is 11.1 Å². The largest absolute Gasteiger partial charge is 0.412 e. The number of benzene rings is 2. The van der Waals surface area contributed by atoms with Crippen LogP contribution in [0.3, 0.4) is 0 Å². The van der Waals surface area contributed by atoms with Crippen LogP contribution in [0.5, 0.6) is 0 Å². The summed E-state index contributed by atoms with van der Waals surface area (Å²) in [5.41, 5.74) is 3.76. The van der Waals surface area contributed by atoms with Crippen LogP contribution in [0.2, 0.25) is 0 Å². The molecule has 0 fully saturated rings. The van der Waals surface area contributed by atoms with Crippen molar-refractivity contribution in [1.82, 2.24) is 0 Å². The van der Waals surface area contributed by atoms with E-state index in [4.69, 9.17) is 5.14 Å². The Morgan fingerprint density at radius 2 is 1.18 bits per heavy atom. The van der Waals surface area contributed by atoms with Crippen LogP contribution in [0.1, 0.15) is 5.56 Å². The van der Waals surface area contributed by atoms with E-state index in [-0.39, 0.29) is 11.0 Å². The van der Waals surface area contributed by atoms with Gasteiger partial charge >= 0.3 is 0 Å². The fourth-order valence-electron chi connectivity index (χ4n) is 1.47. The van der Waals surface area contributed by atoms with Gasteiger partial charge in [0.05, 0.1) is 0 Å². The molecule has 0 aliphatic rings. The van der Waals surface area contributed by atoms with Gasteiger partial charge in [-0.15, -0.1) is 0 Å². The molecule has 6 N–H and O–H groups in total. The van der Waals surface area contributed by atoms with E-state index in [1.807, 2.05) is 12.1 Å². The van der Waals surface area contributed by atoms with Gasteiger partial charge in [-0.1, -0.05) is 42.0 Å². The summed E-state index contributed by atoms with van der Waals surface area (Å²) in [4.78, 5) is 1.09. The number of nitrogens with two attached hydrogens (primary N) is 1. The fraction of sp³-hybridized carbons (Fsp3) is 0.0769. The fourth-order valence-corrected chi connectivity index (χ4v) is 1.77. The molecule has 0 unspecified atom stereocenters. The number of aryl methyl sites for hydroxylation is 1. The van der Waals surface area contributed by atoms with Gasteiger partial charge in [0.25, 0.3) is 0 Å². The molecule has 4 heteroatoms. The van der Waals surface area contributed by atoms with Crippen LogP contribution in [-0.4, -0.2) is 11.0 Å². The molecule has 0 atom stereocenters. The van der Waals surface area contributed by atoms with Gasteiger partial charge in [-0.3, -0.25) is 5.14 Å². The zero-order valence-corrected chi connectivity index (χ0v) is 10.4. The Labute approximate surface area is 105 Å². The van der Waals surface area contributed by atoms with Crippen LogP contribution in [0.4, 0.5) is 0 Å². The maximum absolute atomic E-state index is 5.48. The molecule has 0 saturated heterocycles. The van der Waals surface area contributed by atoms with E-state index in [1.165, 1.54) is 28.6 Å². The van der Waals surface area contributed by atoms with E-state index >= 15 is 0 Å². The van der Waals surface area contributed by atoms with Crippen LogP contribution in [0, 0.1) is 6.92 Å². The molecular weight excluding hydrogens is 234 g/mol. The summed E-state index contributed by atoms with van der Waals surface area (Å²) in [6.07, 6.45) is 0. The SMILES string of the molecule is Cc1ccc(-c2ccc(SN)cc2)cc1.O.O. The van der Waals surface area contributed by atoms with Crippen LogP contribution in [0.15, 0.2) is 53.4 Å². The van der Waals surface area contributed by atoms with Crippen molar-refractivity contribution in [3.63, 3.8) is 0 Å². The topological polar surface area (TPSA) is 89.0 Å². The quantitative estimate of drug-likeness (QED) is 0.827. The third-order valence-corrected chi connectivity index (χ3v) is 2.92. The predicted octanol–water partition coefficient (Wildman–Crippen LogP) is 1.98. The smallest absolute Gasteiger partial charge is 0.0226 e. The molecule has 0 aliphatic heterocycles. The maximum atomic E-state index is 5.48. The molecule has 0 amide bonds.